The number of nitrogens with two attached hydrogens (primary N) is 1. The fourth-order valence-corrected chi connectivity index (χ4v) is 3.48. The maximum atomic E-state index is 12.5. The van der Waals surface area contributed by atoms with E-state index in [1.54, 1.807) is 0 Å². The summed E-state index contributed by atoms with van der Waals surface area (Å²) in [7, 11) is 0. The third-order valence-electron chi connectivity index (χ3n) is 5.16. The Morgan fingerprint density at radius 2 is 1.78 bits per heavy atom. The molecule has 2 N–H and O–H groups in total. The lowest BCUT2D eigenvalue weighted by molar-refractivity contribution is -0.133. The molecule has 1 amide bonds. The Kier molecular flexibility index (Phi) is 4.77. The lowest BCUT2D eigenvalue weighted by Gasteiger charge is -2.28. The first-order valence-electron chi connectivity index (χ1n) is 9.35. The van der Waals surface area contributed by atoms with E-state index >= 15 is 0 Å². The van der Waals surface area contributed by atoms with Gasteiger partial charge >= 0.3 is 0 Å². The van der Waals surface area contributed by atoms with Gasteiger partial charge in [0, 0.05) is 24.1 Å². The van der Waals surface area contributed by atoms with Crippen LogP contribution in [0.15, 0.2) is 59.1 Å². The lowest BCUT2D eigenvalue weighted by Crippen LogP contribution is -2.45. The van der Waals surface area contributed by atoms with E-state index in [0.717, 1.165) is 28.1 Å². The maximum Gasteiger partial charge on any atom is 0.239 e. The van der Waals surface area contributed by atoms with Crippen molar-refractivity contribution in [1.82, 2.24) is 10.1 Å². The molecule has 0 radical (unpaired) electrons. The van der Waals surface area contributed by atoms with E-state index in [4.69, 9.17) is 10.3 Å². The van der Waals surface area contributed by atoms with E-state index in [1.165, 1.54) is 5.56 Å². The van der Waals surface area contributed by atoms with Crippen molar-refractivity contribution in [1.29, 1.82) is 0 Å². The van der Waals surface area contributed by atoms with Gasteiger partial charge in [-0.2, -0.15) is 0 Å². The van der Waals surface area contributed by atoms with E-state index in [0.29, 0.717) is 25.9 Å². The van der Waals surface area contributed by atoms with Crippen LogP contribution >= 0.6 is 0 Å². The normalized spacial score (nSPS) is 14.7. The summed E-state index contributed by atoms with van der Waals surface area (Å²) >= 11 is 0. The molecule has 5 nitrogen and oxygen atoms in total. The Bertz CT molecular complexity index is 932. The zero-order valence-corrected chi connectivity index (χ0v) is 15.4. The zero-order valence-electron chi connectivity index (χ0n) is 15.4. The Labute approximate surface area is 158 Å². The van der Waals surface area contributed by atoms with Gasteiger partial charge in [0.25, 0.3) is 0 Å². The van der Waals surface area contributed by atoms with Gasteiger partial charge in [-0.05, 0) is 17.5 Å². The highest BCUT2D eigenvalue weighted by atomic mass is 16.5. The first kappa shape index (κ1) is 17.5. The van der Waals surface area contributed by atoms with Crippen LogP contribution in [0, 0.1) is 0 Å². The number of rotatable bonds is 4. The second-order valence-corrected chi connectivity index (χ2v) is 6.90. The number of carbonyl (C=O) groups excluding carboxylic acids is 1. The summed E-state index contributed by atoms with van der Waals surface area (Å²) in [5.74, 6) is 0.862. The van der Waals surface area contributed by atoms with Gasteiger partial charge in [0.15, 0.2) is 0 Å². The number of carbonyl (C=O) groups is 1. The van der Waals surface area contributed by atoms with Gasteiger partial charge in [-0.1, -0.05) is 66.7 Å². The van der Waals surface area contributed by atoms with Gasteiger partial charge in [-0.15, -0.1) is 0 Å². The van der Waals surface area contributed by atoms with Crippen molar-refractivity contribution < 1.29 is 9.32 Å². The summed E-state index contributed by atoms with van der Waals surface area (Å²) in [6.45, 7) is 3.05. The Hall–Kier alpha value is -2.92. The molecule has 0 aliphatic carbocycles. The van der Waals surface area contributed by atoms with Gasteiger partial charge < -0.3 is 15.2 Å². The van der Waals surface area contributed by atoms with Crippen molar-refractivity contribution in [3.63, 3.8) is 0 Å². The first-order chi connectivity index (χ1) is 13.2. The number of fused-ring (bicyclic) bond motifs is 1. The Morgan fingerprint density at radius 1 is 1.11 bits per heavy atom. The molecule has 2 heterocycles. The maximum absolute atomic E-state index is 12.5. The number of nitrogens with zero attached hydrogens (tertiary/aromatic N) is 2. The number of benzene rings is 2. The van der Waals surface area contributed by atoms with Crippen molar-refractivity contribution in [2.24, 2.45) is 5.73 Å². The van der Waals surface area contributed by atoms with Crippen LogP contribution in [-0.2, 0) is 17.8 Å². The van der Waals surface area contributed by atoms with Crippen LogP contribution in [0.2, 0.25) is 0 Å². The molecular formula is C22H23N3O2. The summed E-state index contributed by atoms with van der Waals surface area (Å²) in [6.07, 6.45) is 1.31. The minimum atomic E-state index is -0.444. The molecule has 4 rings (SSSR count). The molecule has 138 valence electrons. The van der Waals surface area contributed by atoms with Gasteiger partial charge in [0.2, 0.25) is 5.91 Å². The molecule has 5 heteroatoms. The summed E-state index contributed by atoms with van der Waals surface area (Å²) in [5.41, 5.74) is 11.1. The Morgan fingerprint density at radius 3 is 2.48 bits per heavy atom. The standard InChI is InChI=1S/C22H23N3O2/c1-2-19(23)22(26)25-13-12-20-18(14-25)21(24-27-20)17-10-8-16(9-11-17)15-6-4-3-5-7-15/h3-11,19H,2,12-14,23H2,1H3/t19-/m0/s1. The van der Waals surface area contributed by atoms with Gasteiger partial charge in [-0.25, -0.2) is 0 Å². The highest BCUT2D eigenvalue weighted by Crippen LogP contribution is 2.31. The molecule has 1 aliphatic rings. The Balaban J connectivity index is 1.60. The number of hydrogen-bond donors (Lipinski definition) is 1. The fourth-order valence-electron chi connectivity index (χ4n) is 3.48. The minimum absolute atomic E-state index is 0.00488. The molecule has 1 atom stereocenters. The van der Waals surface area contributed by atoms with E-state index in [-0.39, 0.29) is 5.91 Å². The molecule has 0 spiro atoms. The monoisotopic (exact) mass is 361 g/mol. The van der Waals surface area contributed by atoms with E-state index in [9.17, 15) is 4.79 Å². The summed E-state index contributed by atoms with van der Waals surface area (Å²) < 4.78 is 5.55. The molecule has 0 unspecified atom stereocenters. The largest absolute Gasteiger partial charge is 0.360 e. The van der Waals surface area contributed by atoms with Gasteiger partial charge in [-0.3, -0.25) is 4.79 Å². The average Bonchev–Trinajstić information content (AvgIpc) is 3.16. The van der Waals surface area contributed by atoms with Crippen LogP contribution in [0.1, 0.15) is 24.7 Å². The number of amides is 1. The highest BCUT2D eigenvalue weighted by molar-refractivity contribution is 5.82. The second-order valence-electron chi connectivity index (χ2n) is 6.90. The van der Waals surface area contributed by atoms with E-state index in [2.05, 4.69) is 41.6 Å². The molecule has 0 fully saturated rings. The first-order valence-corrected chi connectivity index (χ1v) is 9.35. The smallest absolute Gasteiger partial charge is 0.239 e. The zero-order chi connectivity index (χ0) is 18.8. The summed E-state index contributed by atoms with van der Waals surface area (Å²) in [6, 6.07) is 18.1. The molecule has 0 saturated carbocycles. The average molecular weight is 361 g/mol. The predicted molar refractivity (Wildman–Crippen MR) is 105 cm³/mol. The molecule has 0 bridgehead atoms. The topological polar surface area (TPSA) is 72.4 Å². The molecule has 27 heavy (non-hydrogen) atoms. The SMILES string of the molecule is CC[C@H](N)C(=O)N1CCc2onc(-c3ccc(-c4ccccc4)cc3)c2C1. The summed E-state index contributed by atoms with van der Waals surface area (Å²) in [4.78, 5) is 14.3. The highest BCUT2D eigenvalue weighted by Gasteiger charge is 2.29. The lowest BCUT2D eigenvalue weighted by atomic mass is 9.98. The van der Waals surface area contributed by atoms with Crippen LogP contribution in [0.5, 0.6) is 0 Å². The number of hydrogen-bond acceptors (Lipinski definition) is 4. The predicted octanol–water partition coefficient (Wildman–Crippen LogP) is 3.63. The molecular weight excluding hydrogens is 338 g/mol. The van der Waals surface area contributed by atoms with Crippen LogP contribution in [-0.4, -0.2) is 28.6 Å². The van der Waals surface area contributed by atoms with Gasteiger partial charge in [0.05, 0.1) is 12.6 Å². The van der Waals surface area contributed by atoms with Crippen molar-refractivity contribution in [3.05, 3.63) is 65.9 Å². The number of aromatic nitrogens is 1. The molecule has 3 aromatic rings. The van der Waals surface area contributed by atoms with Crippen LogP contribution in [0.4, 0.5) is 0 Å². The molecule has 2 aromatic carbocycles. The van der Waals surface area contributed by atoms with Crippen molar-refractivity contribution in [2.45, 2.75) is 32.4 Å². The molecule has 1 aliphatic heterocycles. The van der Waals surface area contributed by atoms with E-state index in [1.807, 2.05) is 30.0 Å². The van der Waals surface area contributed by atoms with E-state index < -0.39 is 6.04 Å². The third kappa shape index (κ3) is 3.38. The van der Waals surface area contributed by atoms with Crippen molar-refractivity contribution in [3.8, 4) is 22.4 Å². The van der Waals surface area contributed by atoms with Crippen LogP contribution < -0.4 is 5.73 Å². The third-order valence-corrected chi connectivity index (χ3v) is 5.16. The minimum Gasteiger partial charge on any atom is -0.360 e. The van der Waals surface area contributed by atoms with Crippen LogP contribution in [0.25, 0.3) is 22.4 Å². The van der Waals surface area contributed by atoms with Gasteiger partial charge in [0.1, 0.15) is 11.5 Å². The quantitative estimate of drug-likeness (QED) is 0.770. The van der Waals surface area contributed by atoms with Crippen LogP contribution in [0.3, 0.4) is 0 Å². The second kappa shape index (κ2) is 7.37. The summed E-state index contributed by atoms with van der Waals surface area (Å²) in [5, 5.41) is 4.29. The molecule has 1 aromatic heterocycles. The fraction of sp³-hybridized carbons (Fsp3) is 0.273. The van der Waals surface area contributed by atoms with Crippen molar-refractivity contribution >= 4 is 5.91 Å². The molecule has 0 saturated heterocycles. The van der Waals surface area contributed by atoms with Crippen molar-refractivity contribution in [2.75, 3.05) is 6.54 Å².